The fourth-order valence-electron chi connectivity index (χ4n) is 0.999. The Morgan fingerprint density at radius 1 is 1.57 bits per heavy atom. The van der Waals surface area contributed by atoms with Crippen LogP contribution in [0.2, 0.25) is 0 Å². The molecule has 0 atom stereocenters. The van der Waals surface area contributed by atoms with Crippen molar-refractivity contribution in [2.24, 2.45) is 0 Å². The molecule has 1 aromatic carbocycles. The van der Waals surface area contributed by atoms with E-state index in [1.54, 1.807) is 0 Å². The summed E-state index contributed by atoms with van der Waals surface area (Å²) in [6.07, 6.45) is 0. The Hall–Kier alpha value is -0.620. The van der Waals surface area contributed by atoms with Crippen LogP contribution in [0.5, 0.6) is 0 Å². The number of aryl methyl sites for hydroxylation is 1. The molecule has 0 spiro atoms. The van der Waals surface area contributed by atoms with E-state index in [-0.39, 0.29) is 12.5 Å². The molecule has 0 saturated heterocycles. The van der Waals surface area contributed by atoms with Crippen LogP contribution in [0, 0.1) is 10.5 Å². The molecule has 0 unspecified atom stereocenters. The Labute approximate surface area is 97.0 Å². The molecule has 0 aliphatic heterocycles. The molecule has 1 amide bonds. The first-order valence-electron chi connectivity index (χ1n) is 4.18. The van der Waals surface area contributed by atoms with Gasteiger partial charge in [0.15, 0.2) is 0 Å². The van der Waals surface area contributed by atoms with E-state index in [9.17, 15) is 4.79 Å². The van der Waals surface area contributed by atoms with Gasteiger partial charge in [-0.25, -0.2) is 0 Å². The smallest absolute Gasteiger partial charge is 0.250 e. The lowest BCUT2D eigenvalue weighted by atomic mass is 10.2. The van der Waals surface area contributed by atoms with Crippen LogP contribution in [-0.2, 0) is 9.53 Å². The van der Waals surface area contributed by atoms with Crippen LogP contribution in [0.25, 0.3) is 0 Å². The average molecular weight is 305 g/mol. The summed E-state index contributed by atoms with van der Waals surface area (Å²) >= 11 is 2.24. The zero-order valence-electron chi connectivity index (χ0n) is 8.13. The summed E-state index contributed by atoms with van der Waals surface area (Å²) in [6, 6.07) is 5.79. The van der Waals surface area contributed by atoms with Gasteiger partial charge in [0.1, 0.15) is 6.61 Å². The molecule has 0 saturated carbocycles. The van der Waals surface area contributed by atoms with Crippen LogP contribution in [0.1, 0.15) is 5.56 Å². The molecule has 3 nitrogen and oxygen atoms in total. The number of carbonyl (C=O) groups is 1. The molecule has 1 rings (SSSR count). The van der Waals surface area contributed by atoms with Crippen LogP contribution in [0.3, 0.4) is 0 Å². The maximum absolute atomic E-state index is 11.2. The quantitative estimate of drug-likeness (QED) is 0.869. The van der Waals surface area contributed by atoms with Gasteiger partial charge >= 0.3 is 0 Å². The van der Waals surface area contributed by atoms with Gasteiger partial charge in [-0.3, -0.25) is 4.79 Å². The lowest BCUT2D eigenvalue weighted by Gasteiger charge is -2.05. The molecule has 14 heavy (non-hydrogen) atoms. The maximum atomic E-state index is 11.2. The SMILES string of the molecule is COCC(=O)Nc1ccc(C)c(I)c1. The third-order valence-electron chi connectivity index (χ3n) is 1.73. The molecule has 0 radical (unpaired) electrons. The van der Waals surface area contributed by atoms with E-state index in [1.165, 1.54) is 12.7 Å². The number of benzene rings is 1. The van der Waals surface area contributed by atoms with Gasteiger partial charge in [0.2, 0.25) is 5.91 Å². The molecule has 0 aliphatic rings. The number of ether oxygens (including phenoxy) is 1. The molecule has 4 heteroatoms. The number of halogens is 1. The fraction of sp³-hybridized carbons (Fsp3) is 0.300. The van der Waals surface area contributed by atoms with Crippen LogP contribution in [0.4, 0.5) is 5.69 Å². The molecular formula is C10H12INO2. The number of hydrogen-bond acceptors (Lipinski definition) is 2. The van der Waals surface area contributed by atoms with E-state index in [0.717, 1.165) is 9.26 Å². The molecule has 1 aromatic rings. The average Bonchev–Trinajstić information content (AvgIpc) is 2.12. The van der Waals surface area contributed by atoms with Crippen LogP contribution < -0.4 is 5.32 Å². The van der Waals surface area contributed by atoms with E-state index in [0.29, 0.717) is 0 Å². The van der Waals surface area contributed by atoms with Crippen molar-refractivity contribution in [2.75, 3.05) is 19.0 Å². The summed E-state index contributed by atoms with van der Waals surface area (Å²) < 4.78 is 5.85. The Morgan fingerprint density at radius 3 is 2.86 bits per heavy atom. The first-order chi connectivity index (χ1) is 6.63. The standard InChI is InChI=1S/C10H12INO2/c1-7-3-4-8(5-9(7)11)12-10(13)6-14-2/h3-5H,6H2,1-2H3,(H,12,13). The lowest BCUT2D eigenvalue weighted by molar-refractivity contribution is -0.119. The normalized spacial score (nSPS) is 9.93. The van der Waals surface area contributed by atoms with Gasteiger partial charge in [-0.05, 0) is 47.2 Å². The molecule has 76 valence electrons. The van der Waals surface area contributed by atoms with Gasteiger partial charge in [-0.2, -0.15) is 0 Å². The van der Waals surface area contributed by atoms with Crippen molar-refractivity contribution >= 4 is 34.2 Å². The van der Waals surface area contributed by atoms with Crippen molar-refractivity contribution in [2.45, 2.75) is 6.92 Å². The summed E-state index contributed by atoms with van der Waals surface area (Å²) in [5.74, 6) is -0.132. The maximum Gasteiger partial charge on any atom is 0.250 e. The van der Waals surface area contributed by atoms with E-state index < -0.39 is 0 Å². The second-order valence-electron chi connectivity index (χ2n) is 2.95. The molecule has 0 fully saturated rings. The lowest BCUT2D eigenvalue weighted by Crippen LogP contribution is -2.17. The largest absolute Gasteiger partial charge is 0.375 e. The molecule has 0 aliphatic carbocycles. The molecule has 0 heterocycles. The second-order valence-corrected chi connectivity index (χ2v) is 4.11. The van der Waals surface area contributed by atoms with Crippen molar-refractivity contribution in [1.29, 1.82) is 0 Å². The molecule has 0 aromatic heterocycles. The highest BCUT2D eigenvalue weighted by atomic mass is 127. The topological polar surface area (TPSA) is 38.3 Å². The van der Waals surface area contributed by atoms with Crippen LogP contribution in [-0.4, -0.2) is 19.6 Å². The number of amides is 1. The van der Waals surface area contributed by atoms with Gasteiger partial charge in [0, 0.05) is 16.4 Å². The van der Waals surface area contributed by atoms with Crippen molar-refractivity contribution in [1.82, 2.24) is 0 Å². The van der Waals surface area contributed by atoms with E-state index >= 15 is 0 Å². The van der Waals surface area contributed by atoms with Crippen molar-refractivity contribution < 1.29 is 9.53 Å². The monoisotopic (exact) mass is 305 g/mol. The van der Waals surface area contributed by atoms with E-state index in [1.807, 2.05) is 25.1 Å². The Morgan fingerprint density at radius 2 is 2.29 bits per heavy atom. The Bertz CT molecular complexity index is 339. The fourth-order valence-corrected chi connectivity index (χ4v) is 1.51. The zero-order valence-corrected chi connectivity index (χ0v) is 10.3. The number of anilines is 1. The highest BCUT2D eigenvalue weighted by molar-refractivity contribution is 14.1. The molecule has 1 N–H and O–H groups in total. The number of rotatable bonds is 3. The summed E-state index contributed by atoms with van der Waals surface area (Å²) in [5.41, 5.74) is 2.01. The minimum atomic E-state index is -0.132. The molecule has 0 bridgehead atoms. The van der Waals surface area contributed by atoms with Crippen molar-refractivity contribution in [3.05, 3.63) is 27.3 Å². The van der Waals surface area contributed by atoms with Gasteiger partial charge < -0.3 is 10.1 Å². The summed E-state index contributed by atoms with van der Waals surface area (Å²) in [7, 11) is 1.50. The Kier molecular flexibility index (Phi) is 4.34. The van der Waals surface area contributed by atoms with Crippen LogP contribution >= 0.6 is 22.6 Å². The first kappa shape index (κ1) is 11.5. The third-order valence-corrected chi connectivity index (χ3v) is 2.89. The first-order valence-corrected chi connectivity index (χ1v) is 5.26. The van der Waals surface area contributed by atoms with E-state index in [2.05, 4.69) is 27.9 Å². The Balaban J connectivity index is 2.68. The van der Waals surface area contributed by atoms with E-state index in [4.69, 9.17) is 4.74 Å². The van der Waals surface area contributed by atoms with Gasteiger partial charge in [-0.1, -0.05) is 6.07 Å². The summed E-state index contributed by atoms with van der Waals surface area (Å²) in [4.78, 5) is 11.2. The van der Waals surface area contributed by atoms with Gasteiger partial charge in [0.25, 0.3) is 0 Å². The highest BCUT2D eigenvalue weighted by Crippen LogP contribution is 2.16. The second kappa shape index (κ2) is 5.31. The minimum absolute atomic E-state index is 0.0878. The van der Waals surface area contributed by atoms with Gasteiger partial charge in [0.05, 0.1) is 0 Å². The molecular weight excluding hydrogens is 293 g/mol. The zero-order chi connectivity index (χ0) is 10.6. The summed E-state index contributed by atoms with van der Waals surface area (Å²) in [6.45, 7) is 2.12. The van der Waals surface area contributed by atoms with Crippen LogP contribution in [0.15, 0.2) is 18.2 Å². The van der Waals surface area contributed by atoms with Crippen molar-refractivity contribution in [3.63, 3.8) is 0 Å². The predicted octanol–water partition coefficient (Wildman–Crippen LogP) is 2.18. The number of carbonyl (C=O) groups excluding carboxylic acids is 1. The number of hydrogen-bond donors (Lipinski definition) is 1. The summed E-state index contributed by atoms with van der Waals surface area (Å²) in [5, 5.41) is 2.74. The van der Waals surface area contributed by atoms with Gasteiger partial charge in [-0.15, -0.1) is 0 Å². The predicted molar refractivity (Wildman–Crippen MR) is 64.4 cm³/mol. The third kappa shape index (κ3) is 3.26. The number of nitrogens with one attached hydrogen (secondary N) is 1. The minimum Gasteiger partial charge on any atom is -0.375 e. The highest BCUT2D eigenvalue weighted by Gasteiger charge is 2.02. The number of methoxy groups -OCH3 is 1. The van der Waals surface area contributed by atoms with Crippen molar-refractivity contribution in [3.8, 4) is 0 Å².